The molecular formula is C17H20Cl2N4OS. The van der Waals surface area contributed by atoms with E-state index >= 15 is 0 Å². The van der Waals surface area contributed by atoms with Crippen LogP contribution in [0, 0.1) is 0 Å². The third kappa shape index (κ3) is 4.37. The van der Waals surface area contributed by atoms with Gasteiger partial charge < -0.3 is 15.1 Å². The van der Waals surface area contributed by atoms with Gasteiger partial charge in [-0.3, -0.25) is 4.79 Å². The number of hydrogen-bond donors (Lipinski definition) is 1. The van der Waals surface area contributed by atoms with E-state index in [-0.39, 0.29) is 5.91 Å². The highest BCUT2D eigenvalue weighted by Crippen LogP contribution is 2.35. The highest BCUT2D eigenvalue weighted by molar-refractivity contribution is 7.15. The summed E-state index contributed by atoms with van der Waals surface area (Å²) in [6.07, 6.45) is 2.33. The van der Waals surface area contributed by atoms with Crippen LogP contribution in [0.4, 0.5) is 11.4 Å². The van der Waals surface area contributed by atoms with Crippen LogP contribution in [0.2, 0.25) is 9.49 Å². The Morgan fingerprint density at radius 1 is 1.28 bits per heavy atom. The number of para-hydroxylation sites is 1. The number of benzene rings is 1. The van der Waals surface area contributed by atoms with E-state index in [1.54, 1.807) is 6.20 Å². The molecule has 2 heterocycles. The van der Waals surface area contributed by atoms with Gasteiger partial charge in [0.15, 0.2) is 4.47 Å². The van der Waals surface area contributed by atoms with Crippen LogP contribution in [0.3, 0.4) is 0 Å². The quantitative estimate of drug-likeness (QED) is 0.822. The smallest absolute Gasteiger partial charge is 0.222 e. The second-order valence-electron chi connectivity index (χ2n) is 5.79. The summed E-state index contributed by atoms with van der Waals surface area (Å²) in [7, 11) is 0. The Kier molecular flexibility index (Phi) is 6.04. The fraction of sp³-hybridized carbons (Fsp3) is 0.412. The average molecular weight is 399 g/mol. The van der Waals surface area contributed by atoms with Crippen molar-refractivity contribution >= 4 is 51.8 Å². The summed E-state index contributed by atoms with van der Waals surface area (Å²) < 4.78 is 0.542. The van der Waals surface area contributed by atoms with Gasteiger partial charge in [0.1, 0.15) is 0 Å². The van der Waals surface area contributed by atoms with Crippen LogP contribution in [0.25, 0.3) is 0 Å². The first kappa shape index (κ1) is 18.3. The summed E-state index contributed by atoms with van der Waals surface area (Å²) in [6.45, 7) is 5.54. The van der Waals surface area contributed by atoms with Crippen molar-refractivity contribution in [3.05, 3.63) is 38.8 Å². The lowest BCUT2D eigenvalue weighted by atomic mass is 10.2. The van der Waals surface area contributed by atoms with E-state index < -0.39 is 0 Å². The minimum Gasteiger partial charge on any atom is -0.378 e. The molecule has 1 amide bonds. The molecular weight excluding hydrogens is 379 g/mol. The first-order chi connectivity index (χ1) is 12.1. The van der Waals surface area contributed by atoms with E-state index in [4.69, 9.17) is 23.2 Å². The maximum absolute atomic E-state index is 11.9. The van der Waals surface area contributed by atoms with Crippen LogP contribution in [0.1, 0.15) is 18.2 Å². The number of nitrogens with one attached hydrogen (secondary N) is 1. The van der Waals surface area contributed by atoms with Gasteiger partial charge in [0.25, 0.3) is 0 Å². The van der Waals surface area contributed by atoms with Crippen molar-refractivity contribution < 1.29 is 4.79 Å². The molecule has 0 radical (unpaired) electrons. The monoisotopic (exact) mass is 398 g/mol. The average Bonchev–Trinajstić information content (AvgIpc) is 3.05. The van der Waals surface area contributed by atoms with Crippen molar-refractivity contribution in [2.24, 2.45) is 0 Å². The van der Waals surface area contributed by atoms with E-state index in [9.17, 15) is 4.79 Å². The van der Waals surface area contributed by atoms with Crippen LogP contribution in [-0.4, -0.2) is 42.0 Å². The molecule has 0 atom stereocenters. The van der Waals surface area contributed by atoms with E-state index in [1.807, 2.05) is 30.0 Å². The van der Waals surface area contributed by atoms with Crippen molar-refractivity contribution in [1.82, 2.24) is 9.88 Å². The van der Waals surface area contributed by atoms with Crippen molar-refractivity contribution in [3.8, 4) is 0 Å². The van der Waals surface area contributed by atoms with Gasteiger partial charge in [-0.25, -0.2) is 4.98 Å². The molecule has 1 fully saturated rings. The zero-order valence-electron chi connectivity index (χ0n) is 14.0. The number of piperazine rings is 1. The molecule has 1 aliphatic rings. The molecule has 2 aromatic rings. The Labute approximate surface area is 161 Å². The number of halogens is 2. The number of amides is 1. The zero-order chi connectivity index (χ0) is 17.8. The Balaban J connectivity index is 1.72. The summed E-state index contributed by atoms with van der Waals surface area (Å²) in [5.41, 5.74) is 1.97. The van der Waals surface area contributed by atoms with Crippen molar-refractivity contribution in [3.63, 3.8) is 0 Å². The summed E-state index contributed by atoms with van der Waals surface area (Å²) in [5.74, 6) is 0.208. The van der Waals surface area contributed by atoms with E-state index in [2.05, 4.69) is 15.2 Å². The minimum atomic E-state index is 0.208. The third-order valence-electron chi connectivity index (χ3n) is 4.22. The predicted molar refractivity (Wildman–Crippen MR) is 105 cm³/mol. The molecule has 0 unspecified atom stereocenters. The first-order valence-electron chi connectivity index (χ1n) is 8.23. The van der Waals surface area contributed by atoms with Gasteiger partial charge in [-0.2, -0.15) is 0 Å². The van der Waals surface area contributed by atoms with Gasteiger partial charge in [0.05, 0.1) is 22.9 Å². The molecule has 5 nitrogen and oxygen atoms in total. The van der Waals surface area contributed by atoms with Crippen molar-refractivity contribution in [2.75, 3.05) is 36.4 Å². The first-order valence-corrected chi connectivity index (χ1v) is 9.81. The van der Waals surface area contributed by atoms with Gasteiger partial charge in [-0.1, -0.05) is 36.2 Å². The van der Waals surface area contributed by atoms with Crippen molar-refractivity contribution in [1.29, 1.82) is 0 Å². The fourth-order valence-corrected chi connectivity index (χ4v) is 4.14. The Morgan fingerprint density at radius 3 is 2.68 bits per heavy atom. The SMILES string of the molecule is CCC(=O)N1CCN(c2c(Cl)cccc2NCc2cnc(Cl)s2)CC1. The normalized spacial score (nSPS) is 14.7. The van der Waals surface area contributed by atoms with E-state index in [0.29, 0.717) is 22.5 Å². The number of carbonyl (C=O) groups is 1. The molecule has 25 heavy (non-hydrogen) atoms. The van der Waals surface area contributed by atoms with Crippen LogP contribution < -0.4 is 10.2 Å². The third-order valence-corrected chi connectivity index (χ3v) is 5.64. The summed E-state index contributed by atoms with van der Waals surface area (Å²) in [5, 5.41) is 4.14. The van der Waals surface area contributed by atoms with Gasteiger partial charge >= 0.3 is 0 Å². The van der Waals surface area contributed by atoms with Crippen LogP contribution >= 0.6 is 34.5 Å². The lowest BCUT2D eigenvalue weighted by Gasteiger charge is -2.37. The van der Waals surface area contributed by atoms with Crippen LogP contribution in [0.15, 0.2) is 24.4 Å². The number of anilines is 2. The number of nitrogens with zero attached hydrogens (tertiary/aromatic N) is 3. The minimum absolute atomic E-state index is 0.208. The second-order valence-corrected chi connectivity index (χ2v) is 7.89. The van der Waals surface area contributed by atoms with Gasteiger partial charge in [-0.05, 0) is 12.1 Å². The predicted octanol–water partition coefficient (Wildman–Crippen LogP) is 4.12. The molecule has 1 aromatic heterocycles. The van der Waals surface area contributed by atoms with Crippen molar-refractivity contribution in [2.45, 2.75) is 19.9 Å². The van der Waals surface area contributed by atoms with Gasteiger partial charge in [-0.15, -0.1) is 11.3 Å². The van der Waals surface area contributed by atoms with Gasteiger partial charge in [0, 0.05) is 43.7 Å². The molecule has 0 saturated carbocycles. The summed E-state index contributed by atoms with van der Waals surface area (Å²) in [4.78, 5) is 21.1. The number of rotatable bonds is 5. The van der Waals surface area contributed by atoms with E-state index in [1.165, 1.54) is 11.3 Å². The number of hydrogen-bond acceptors (Lipinski definition) is 5. The molecule has 1 saturated heterocycles. The molecule has 3 rings (SSSR count). The number of aromatic nitrogens is 1. The zero-order valence-corrected chi connectivity index (χ0v) is 16.3. The molecule has 134 valence electrons. The largest absolute Gasteiger partial charge is 0.378 e. The second kappa shape index (κ2) is 8.25. The maximum Gasteiger partial charge on any atom is 0.222 e. The highest BCUT2D eigenvalue weighted by Gasteiger charge is 2.23. The molecule has 0 spiro atoms. The number of thiazole rings is 1. The molecule has 0 bridgehead atoms. The van der Waals surface area contributed by atoms with E-state index in [0.717, 1.165) is 42.4 Å². The Morgan fingerprint density at radius 2 is 2.04 bits per heavy atom. The number of carbonyl (C=O) groups excluding carboxylic acids is 1. The maximum atomic E-state index is 11.9. The fourth-order valence-electron chi connectivity index (χ4n) is 2.93. The Bertz CT molecular complexity index is 744. The molecule has 1 aliphatic heterocycles. The summed E-state index contributed by atoms with van der Waals surface area (Å²) >= 11 is 13.8. The molecule has 1 aromatic carbocycles. The topological polar surface area (TPSA) is 48.5 Å². The molecule has 8 heteroatoms. The van der Waals surface area contributed by atoms with Gasteiger partial charge in [0.2, 0.25) is 5.91 Å². The Hall–Kier alpha value is -1.50. The molecule has 0 aliphatic carbocycles. The standard InChI is InChI=1S/C17H20Cl2N4OS/c1-2-15(24)22-6-8-23(9-7-22)16-13(18)4-3-5-14(16)20-10-12-11-21-17(19)25-12/h3-5,11,20H,2,6-10H2,1H3. The van der Waals surface area contributed by atoms with Crippen LogP contribution in [-0.2, 0) is 11.3 Å². The van der Waals surface area contributed by atoms with Crippen LogP contribution in [0.5, 0.6) is 0 Å². The lowest BCUT2D eigenvalue weighted by Crippen LogP contribution is -2.48. The summed E-state index contributed by atoms with van der Waals surface area (Å²) in [6, 6.07) is 5.85. The highest BCUT2D eigenvalue weighted by atomic mass is 35.5. The lowest BCUT2D eigenvalue weighted by molar-refractivity contribution is -0.131. The molecule has 1 N–H and O–H groups in total.